The summed E-state index contributed by atoms with van der Waals surface area (Å²) in [7, 11) is 0. The van der Waals surface area contributed by atoms with Crippen LogP contribution in [0, 0.1) is 0 Å². The maximum atomic E-state index is 6.26. The van der Waals surface area contributed by atoms with E-state index in [2.05, 4.69) is 24.0 Å². The van der Waals surface area contributed by atoms with Crippen molar-refractivity contribution in [2.45, 2.75) is 19.4 Å². The molecule has 1 aromatic carbocycles. The summed E-state index contributed by atoms with van der Waals surface area (Å²) in [5, 5.41) is 0.812. The maximum absolute atomic E-state index is 6.26. The Bertz CT molecular complexity index is 384. The summed E-state index contributed by atoms with van der Waals surface area (Å²) < 4.78 is 5.43. The molecule has 0 radical (unpaired) electrons. The largest absolute Gasteiger partial charge is 0.377 e. The molecule has 0 aliphatic carbocycles. The van der Waals surface area contributed by atoms with Gasteiger partial charge in [0.25, 0.3) is 0 Å². The summed E-state index contributed by atoms with van der Waals surface area (Å²) in [6, 6.07) is 6.64. The fourth-order valence-corrected chi connectivity index (χ4v) is 2.45. The number of rotatable bonds is 3. The van der Waals surface area contributed by atoms with Crippen LogP contribution in [0.3, 0.4) is 0 Å². The third kappa shape index (κ3) is 2.92. The molecule has 1 fully saturated rings. The van der Waals surface area contributed by atoms with Crippen molar-refractivity contribution in [1.29, 1.82) is 0 Å². The van der Waals surface area contributed by atoms with Gasteiger partial charge < -0.3 is 15.4 Å². The molecule has 2 N–H and O–H groups in total. The molecule has 1 unspecified atom stereocenters. The topological polar surface area (TPSA) is 38.5 Å². The third-order valence-electron chi connectivity index (χ3n) is 3.15. The number of halogens is 1. The van der Waals surface area contributed by atoms with Crippen LogP contribution < -0.4 is 10.6 Å². The average molecular weight is 255 g/mol. The lowest BCUT2D eigenvalue weighted by Gasteiger charge is -2.35. The molecule has 0 amide bonds. The van der Waals surface area contributed by atoms with Gasteiger partial charge in [-0.15, -0.1) is 0 Å². The third-order valence-corrected chi connectivity index (χ3v) is 3.50. The predicted octanol–water partition coefficient (Wildman–Crippen LogP) is 2.07. The number of nitrogens with two attached hydrogens (primary N) is 1. The fourth-order valence-electron chi connectivity index (χ4n) is 2.18. The average Bonchev–Trinajstić information content (AvgIpc) is 2.33. The van der Waals surface area contributed by atoms with Crippen LogP contribution in [0.4, 0.5) is 5.69 Å². The molecular weight excluding hydrogens is 236 g/mol. The molecule has 0 spiro atoms. The molecule has 1 aliphatic rings. The highest BCUT2D eigenvalue weighted by molar-refractivity contribution is 6.31. The Balaban J connectivity index is 2.18. The summed E-state index contributed by atoms with van der Waals surface area (Å²) >= 11 is 6.26. The summed E-state index contributed by atoms with van der Waals surface area (Å²) in [4.78, 5) is 2.33. The fraction of sp³-hybridized carbons (Fsp3) is 0.538. The van der Waals surface area contributed by atoms with Crippen LogP contribution >= 0.6 is 11.6 Å². The van der Waals surface area contributed by atoms with Crippen LogP contribution in [-0.4, -0.2) is 32.3 Å². The molecule has 94 valence electrons. The quantitative estimate of drug-likeness (QED) is 0.898. The smallest absolute Gasteiger partial charge is 0.0668 e. The van der Waals surface area contributed by atoms with Crippen molar-refractivity contribution in [1.82, 2.24) is 0 Å². The summed E-state index contributed by atoms with van der Waals surface area (Å²) in [5.41, 5.74) is 7.84. The SMILES string of the molecule is CC1COCCN1c1ccc(CCN)c(Cl)c1. The van der Waals surface area contributed by atoms with Gasteiger partial charge in [-0.3, -0.25) is 0 Å². The number of anilines is 1. The minimum absolute atomic E-state index is 0.403. The molecule has 1 aliphatic heterocycles. The van der Waals surface area contributed by atoms with Crippen molar-refractivity contribution in [3.63, 3.8) is 0 Å². The molecule has 0 bridgehead atoms. The second kappa shape index (κ2) is 5.71. The van der Waals surface area contributed by atoms with Gasteiger partial charge in [-0.2, -0.15) is 0 Å². The molecule has 1 atom stereocenters. The van der Waals surface area contributed by atoms with Crippen LogP contribution in [0.1, 0.15) is 12.5 Å². The number of morpholine rings is 1. The monoisotopic (exact) mass is 254 g/mol. The molecule has 1 saturated heterocycles. The molecule has 2 rings (SSSR count). The van der Waals surface area contributed by atoms with Crippen LogP contribution in [0.5, 0.6) is 0 Å². The van der Waals surface area contributed by atoms with E-state index in [0.717, 1.165) is 36.8 Å². The first-order valence-electron chi connectivity index (χ1n) is 6.05. The van der Waals surface area contributed by atoms with Crippen LogP contribution in [0.15, 0.2) is 18.2 Å². The zero-order valence-electron chi connectivity index (χ0n) is 10.2. The van der Waals surface area contributed by atoms with E-state index in [1.807, 2.05) is 6.07 Å². The van der Waals surface area contributed by atoms with Crippen molar-refractivity contribution >= 4 is 17.3 Å². The lowest BCUT2D eigenvalue weighted by atomic mass is 10.1. The summed E-state index contributed by atoms with van der Waals surface area (Å²) in [6.45, 7) is 5.29. The number of hydrogen-bond acceptors (Lipinski definition) is 3. The van der Waals surface area contributed by atoms with Gasteiger partial charge in [-0.1, -0.05) is 17.7 Å². The van der Waals surface area contributed by atoms with Crippen LogP contribution in [0.2, 0.25) is 5.02 Å². The molecule has 3 nitrogen and oxygen atoms in total. The van der Waals surface area contributed by atoms with Gasteiger partial charge in [-0.25, -0.2) is 0 Å². The van der Waals surface area contributed by atoms with E-state index in [9.17, 15) is 0 Å². The number of benzene rings is 1. The Labute approximate surface area is 107 Å². The van der Waals surface area contributed by atoms with Gasteiger partial charge >= 0.3 is 0 Å². The van der Waals surface area contributed by atoms with E-state index >= 15 is 0 Å². The molecule has 0 saturated carbocycles. The lowest BCUT2D eigenvalue weighted by molar-refractivity contribution is 0.0989. The first kappa shape index (κ1) is 12.7. The Hall–Kier alpha value is -0.770. The van der Waals surface area contributed by atoms with Crippen molar-refractivity contribution in [2.24, 2.45) is 5.73 Å². The van der Waals surface area contributed by atoms with Crippen LogP contribution in [-0.2, 0) is 11.2 Å². The minimum Gasteiger partial charge on any atom is -0.377 e. The highest BCUT2D eigenvalue weighted by Crippen LogP contribution is 2.26. The number of nitrogens with zero attached hydrogens (tertiary/aromatic N) is 1. The zero-order valence-corrected chi connectivity index (χ0v) is 10.9. The zero-order chi connectivity index (χ0) is 12.3. The van der Waals surface area contributed by atoms with E-state index in [0.29, 0.717) is 12.6 Å². The maximum Gasteiger partial charge on any atom is 0.0668 e. The molecule has 17 heavy (non-hydrogen) atoms. The number of ether oxygens (including phenoxy) is 1. The highest BCUT2D eigenvalue weighted by atomic mass is 35.5. The Kier molecular flexibility index (Phi) is 4.26. The number of hydrogen-bond donors (Lipinski definition) is 1. The van der Waals surface area contributed by atoms with Gasteiger partial charge in [0.15, 0.2) is 0 Å². The summed E-state index contributed by atoms with van der Waals surface area (Å²) in [5.74, 6) is 0. The first-order valence-corrected chi connectivity index (χ1v) is 6.43. The van der Waals surface area contributed by atoms with E-state index < -0.39 is 0 Å². The first-order chi connectivity index (χ1) is 8.22. The second-order valence-electron chi connectivity index (χ2n) is 4.43. The van der Waals surface area contributed by atoms with E-state index in [1.54, 1.807) is 0 Å². The van der Waals surface area contributed by atoms with Gasteiger partial charge in [0.2, 0.25) is 0 Å². The van der Waals surface area contributed by atoms with E-state index in [4.69, 9.17) is 22.1 Å². The van der Waals surface area contributed by atoms with E-state index in [-0.39, 0.29) is 0 Å². The van der Waals surface area contributed by atoms with Crippen molar-refractivity contribution in [3.05, 3.63) is 28.8 Å². The minimum atomic E-state index is 0.403. The Morgan fingerprint density at radius 1 is 1.53 bits per heavy atom. The molecule has 0 aromatic heterocycles. The standard InChI is InChI=1S/C13H19ClN2O/c1-10-9-17-7-6-16(10)12-3-2-11(4-5-15)13(14)8-12/h2-3,8,10H,4-7,9,15H2,1H3. The van der Waals surface area contributed by atoms with Crippen LogP contribution in [0.25, 0.3) is 0 Å². The molecule has 4 heteroatoms. The van der Waals surface area contributed by atoms with Gasteiger partial charge in [-0.05, 0) is 37.6 Å². The second-order valence-corrected chi connectivity index (χ2v) is 4.84. The summed E-state index contributed by atoms with van der Waals surface area (Å²) in [6.07, 6.45) is 0.831. The van der Waals surface area contributed by atoms with E-state index in [1.165, 1.54) is 5.69 Å². The molecule has 1 aromatic rings. The van der Waals surface area contributed by atoms with Crippen molar-refractivity contribution in [2.75, 3.05) is 31.2 Å². The normalized spacial score (nSPS) is 20.6. The van der Waals surface area contributed by atoms with Gasteiger partial charge in [0.05, 0.1) is 13.2 Å². The Morgan fingerprint density at radius 3 is 3.00 bits per heavy atom. The van der Waals surface area contributed by atoms with Crippen molar-refractivity contribution < 1.29 is 4.74 Å². The molecule has 1 heterocycles. The molecular formula is C13H19ClN2O. The van der Waals surface area contributed by atoms with Gasteiger partial charge in [0.1, 0.15) is 0 Å². The predicted molar refractivity (Wildman–Crippen MR) is 71.8 cm³/mol. The highest BCUT2D eigenvalue weighted by Gasteiger charge is 2.19. The Morgan fingerprint density at radius 2 is 2.35 bits per heavy atom. The lowest BCUT2D eigenvalue weighted by Crippen LogP contribution is -2.43. The van der Waals surface area contributed by atoms with Crippen molar-refractivity contribution in [3.8, 4) is 0 Å². The van der Waals surface area contributed by atoms with Gasteiger partial charge in [0, 0.05) is 23.3 Å².